The molecule has 0 unspecified atom stereocenters. The van der Waals surface area contributed by atoms with Gasteiger partial charge in [-0.05, 0) is 67.4 Å². The fourth-order valence-corrected chi connectivity index (χ4v) is 4.85. The molecule has 9 heteroatoms. The number of anilines is 1. The van der Waals surface area contributed by atoms with Gasteiger partial charge in [-0.25, -0.2) is 8.42 Å². The Kier molecular flexibility index (Phi) is 7.89. The average molecular weight is 470 g/mol. The average Bonchev–Trinajstić information content (AvgIpc) is 2.82. The second-order valence-electron chi connectivity index (χ2n) is 7.23. The first-order valence-corrected chi connectivity index (χ1v) is 11.8. The second kappa shape index (κ2) is 10.8. The van der Waals surface area contributed by atoms with Crippen LogP contribution in [-0.4, -0.2) is 39.6 Å². The lowest BCUT2D eigenvalue weighted by Gasteiger charge is -2.25. The molecule has 0 aliphatic heterocycles. The zero-order valence-electron chi connectivity index (χ0n) is 18.8. The van der Waals surface area contributed by atoms with Crippen LogP contribution in [0.2, 0.25) is 0 Å². The summed E-state index contributed by atoms with van der Waals surface area (Å²) in [6.07, 6.45) is 3.28. The summed E-state index contributed by atoms with van der Waals surface area (Å²) in [4.78, 5) is 16.8. The number of methoxy groups -OCH3 is 1. The van der Waals surface area contributed by atoms with Crippen LogP contribution in [-0.2, 0) is 21.4 Å². The Balaban J connectivity index is 1.94. The molecule has 1 amide bonds. The van der Waals surface area contributed by atoms with Crippen molar-refractivity contribution in [1.82, 2.24) is 10.3 Å². The maximum Gasteiger partial charge on any atom is 0.268 e. The van der Waals surface area contributed by atoms with Crippen LogP contribution in [0.25, 0.3) is 0 Å². The Labute approximate surface area is 194 Å². The van der Waals surface area contributed by atoms with Crippen molar-refractivity contribution in [3.63, 3.8) is 0 Å². The van der Waals surface area contributed by atoms with Gasteiger partial charge in [0.1, 0.15) is 22.9 Å². The Bertz CT molecular complexity index is 1180. The highest BCUT2D eigenvalue weighted by atomic mass is 32.2. The maximum absolute atomic E-state index is 13.7. The molecular formula is C24H27N3O5S. The fraction of sp³-hybridized carbons (Fsp3) is 0.250. The first kappa shape index (κ1) is 24.1. The van der Waals surface area contributed by atoms with E-state index in [4.69, 9.17) is 9.47 Å². The summed E-state index contributed by atoms with van der Waals surface area (Å²) in [5.74, 6) is 0.350. The molecule has 1 heterocycles. The van der Waals surface area contributed by atoms with Crippen molar-refractivity contribution < 1.29 is 22.7 Å². The summed E-state index contributed by atoms with van der Waals surface area (Å²) < 4.78 is 39.2. The first-order valence-electron chi connectivity index (χ1n) is 10.4. The molecular weight excluding hydrogens is 442 g/mol. The van der Waals surface area contributed by atoms with Gasteiger partial charge in [-0.15, -0.1) is 0 Å². The molecule has 33 heavy (non-hydrogen) atoms. The minimum atomic E-state index is -4.13. The first-order chi connectivity index (χ1) is 15.8. The van der Waals surface area contributed by atoms with Gasteiger partial charge in [0.25, 0.3) is 10.0 Å². The van der Waals surface area contributed by atoms with E-state index in [0.717, 1.165) is 15.4 Å². The molecule has 0 aliphatic rings. The van der Waals surface area contributed by atoms with E-state index in [1.54, 1.807) is 61.8 Å². The largest absolute Gasteiger partial charge is 0.495 e. The van der Waals surface area contributed by atoms with Gasteiger partial charge in [0.15, 0.2) is 0 Å². The molecule has 8 nitrogen and oxygen atoms in total. The summed E-state index contributed by atoms with van der Waals surface area (Å²) in [6.45, 7) is 3.96. The van der Waals surface area contributed by atoms with Gasteiger partial charge in [0.05, 0.1) is 19.4 Å². The topological polar surface area (TPSA) is 97.8 Å². The predicted molar refractivity (Wildman–Crippen MR) is 126 cm³/mol. The van der Waals surface area contributed by atoms with E-state index >= 15 is 0 Å². The number of hydrogen-bond donors (Lipinski definition) is 1. The van der Waals surface area contributed by atoms with Crippen molar-refractivity contribution in [2.45, 2.75) is 25.3 Å². The van der Waals surface area contributed by atoms with Crippen molar-refractivity contribution in [2.24, 2.45) is 0 Å². The molecule has 0 fully saturated rings. The van der Waals surface area contributed by atoms with Crippen molar-refractivity contribution in [3.8, 4) is 11.5 Å². The van der Waals surface area contributed by atoms with E-state index in [9.17, 15) is 13.2 Å². The normalized spacial score (nSPS) is 11.0. The number of carbonyl (C=O) groups is 1. The van der Waals surface area contributed by atoms with Crippen LogP contribution in [0.4, 0.5) is 5.69 Å². The number of benzene rings is 2. The Morgan fingerprint density at radius 1 is 1.12 bits per heavy atom. The zero-order chi connectivity index (χ0) is 23.8. The molecule has 2 aromatic carbocycles. The quantitative estimate of drug-likeness (QED) is 0.489. The highest BCUT2D eigenvalue weighted by Gasteiger charge is 2.30. The summed E-state index contributed by atoms with van der Waals surface area (Å²) >= 11 is 0. The van der Waals surface area contributed by atoms with E-state index in [0.29, 0.717) is 18.0 Å². The molecule has 0 bridgehead atoms. The van der Waals surface area contributed by atoms with Crippen LogP contribution in [0.3, 0.4) is 0 Å². The standard InChI is InChI=1S/C24H27N3O5S/c1-4-32-21-10-8-20(9-11-21)27(17-24(28)26-16-19-6-5-13-25-15-19)33(29,30)23-14-18(2)7-12-22(23)31-3/h5-15H,4,16-17H2,1-3H3,(H,26,28). The zero-order valence-corrected chi connectivity index (χ0v) is 19.6. The Morgan fingerprint density at radius 3 is 2.52 bits per heavy atom. The van der Waals surface area contributed by atoms with Crippen molar-refractivity contribution in [2.75, 3.05) is 24.6 Å². The highest BCUT2D eigenvalue weighted by molar-refractivity contribution is 7.93. The lowest BCUT2D eigenvalue weighted by Crippen LogP contribution is -2.40. The monoisotopic (exact) mass is 469 g/mol. The van der Waals surface area contributed by atoms with E-state index < -0.39 is 22.5 Å². The molecule has 0 saturated carbocycles. The van der Waals surface area contributed by atoms with Gasteiger partial charge in [0, 0.05) is 18.9 Å². The number of sulfonamides is 1. The number of amides is 1. The van der Waals surface area contributed by atoms with Crippen molar-refractivity contribution in [3.05, 3.63) is 78.1 Å². The number of hydrogen-bond acceptors (Lipinski definition) is 6. The molecule has 0 saturated heterocycles. The van der Waals surface area contributed by atoms with Crippen molar-refractivity contribution >= 4 is 21.6 Å². The third kappa shape index (κ3) is 6.01. The molecule has 1 N–H and O–H groups in total. The summed E-state index contributed by atoms with van der Waals surface area (Å²) in [5, 5.41) is 2.75. The molecule has 174 valence electrons. The number of aromatic nitrogens is 1. The summed E-state index contributed by atoms with van der Waals surface area (Å²) in [5.41, 5.74) is 1.89. The number of carbonyl (C=O) groups excluding carboxylic acids is 1. The van der Waals surface area contributed by atoms with Gasteiger partial charge in [-0.2, -0.15) is 0 Å². The highest BCUT2D eigenvalue weighted by Crippen LogP contribution is 2.31. The molecule has 0 spiro atoms. The van der Waals surface area contributed by atoms with Gasteiger partial charge in [0.2, 0.25) is 5.91 Å². The molecule has 3 aromatic rings. The van der Waals surface area contributed by atoms with E-state index in [-0.39, 0.29) is 17.2 Å². The molecule has 0 aliphatic carbocycles. The molecule has 3 rings (SSSR count). The van der Waals surface area contributed by atoms with Crippen molar-refractivity contribution in [1.29, 1.82) is 0 Å². The minimum absolute atomic E-state index is 0.0149. The Hall–Kier alpha value is -3.59. The lowest BCUT2D eigenvalue weighted by molar-refractivity contribution is -0.119. The SMILES string of the molecule is CCOc1ccc(N(CC(=O)NCc2cccnc2)S(=O)(=O)c2cc(C)ccc2OC)cc1. The van der Waals surface area contributed by atoms with E-state index in [2.05, 4.69) is 10.3 Å². The fourth-order valence-electron chi connectivity index (χ4n) is 3.18. The van der Waals surface area contributed by atoms with Crippen LogP contribution >= 0.6 is 0 Å². The molecule has 1 aromatic heterocycles. The van der Waals surface area contributed by atoms with Crippen LogP contribution < -0.4 is 19.1 Å². The summed E-state index contributed by atoms with van der Waals surface area (Å²) in [7, 11) is -2.72. The van der Waals surface area contributed by atoms with Crippen LogP contribution in [0.15, 0.2) is 71.9 Å². The number of rotatable bonds is 10. The van der Waals surface area contributed by atoms with Gasteiger partial charge in [-0.1, -0.05) is 12.1 Å². The third-order valence-electron chi connectivity index (χ3n) is 4.82. The number of nitrogens with zero attached hydrogens (tertiary/aromatic N) is 2. The smallest absolute Gasteiger partial charge is 0.268 e. The van der Waals surface area contributed by atoms with E-state index in [1.165, 1.54) is 13.2 Å². The van der Waals surface area contributed by atoms with Gasteiger partial charge >= 0.3 is 0 Å². The molecule has 0 atom stereocenters. The van der Waals surface area contributed by atoms with Gasteiger partial charge < -0.3 is 14.8 Å². The number of ether oxygens (including phenoxy) is 2. The minimum Gasteiger partial charge on any atom is -0.495 e. The van der Waals surface area contributed by atoms with Crippen LogP contribution in [0.1, 0.15) is 18.1 Å². The lowest BCUT2D eigenvalue weighted by atomic mass is 10.2. The number of aryl methyl sites for hydroxylation is 1. The number of nitrogens with one attached hydrogen (secondary N) is 1. The maximum atomic E-state index is 13.7. The Morgan fingerprint density at radius 2 is 1.88 bits per heavy atom. The summed E-state index contributed by atoms with van der Waals surface area (Å²) in [6, 6.07) is 15.0. The molecule has 0 radical (unpaired) electrons. The van der Waals surface area contributed by atoms with E-state index in [1.807, 2.05) is 13.0 Å². The van der Waals surface area contributed by atoms with Crippen LogP contribution in [0, 0.1) is 6.92 Å². The van der Waals surface area contributed by atoms with Crippen LogP contribution in [0.5, 0.6) is 11.5 Å². The third-order valence-corrected chi connectivity index (χ3v) is 6.62. The van der Waals surface area contributed by atoms with Gasteiger partial charge in [-0.3, -0.25) is 14.1 Å². The predicted octanol–water partition coefficient (Wildman–Crippen LogP) is 3.31. The second-order valence-corrected chi connectivity index (χ2v) is 9.06. The number of pyridine rings is 1.